The minimum atomic E-state index is -2.97. The fourth-order valence-corrected chi connectivity index (χ4v) is 0.684. The molecule has 11 heteroatoms. The number of aliphatic carboxylic acids is 3. The number of hydrogen-bond donors (Lipinski definition) is 2. The molecule has 1 radical (unpaired) electrons. The molecule has 0 saturated carbocycles. The van der Waals surface area contributed by atoms with Crippen molar-refractivity contribution in [3.8, 4) is 0 Å². The molecule has 0 fully saturated rings. The fourth-order valence-electron chi connectivity index (χ4n) is 0.684. The second-order valence-corrected chi connectivity index (χ2v) is 3.06. The van der Waals surface area contributed by atoms with E-state index < -0.39 is 36.4 Å². The molecule has 0 spiro atoms. The van der Waals surface area contributed by atoms with Gasteiger partial charge in [0.1, 0.15) is 5.60 Å². The molecule has 0 unspecified atom stereocenters. The van der Waals surface area contributed by atoms with E-state index in [9.17, 15) is 29.7 Å². The number of halogens is 2. The number of carboxylic acid groups (broad SMARTS) is 3. The standard InChI is InChI=1S/C6H8O7.Cl2HN.Fe/c7-3(8)1-6(13,5(11)12)2-4(9)10;1-3-2;/h13H,1-2H2,(H,7,8)(H,9,10)(H,11,12);3H;/q;;+3/p-3. The Morgan fingerprint density at radius 1 is 1.06 bits per heavy atom. The van der Waals surface area contributed by atoms with Crippen LogP contribution in [0.5, 0.6) is 0 Å². The Morgan fingerprint density at radius 3 is 1.41 bits per heavy atom. The smallest absolute Gasteiger partial charge is 0.550 e. The number of carboxylic acids is 3. The predicted octanol–water partition coefficient (Wildman–Crippen LogP) is -4.37. The molecule has 0 amide bonds. The molecule has 0 aromatic carbocycles. The molecular formula is C6H6Cl2FeNO7. The summed E-state index contributed by atoms with van der Waals surface area (Å²) in [5.41, 5.74) is -2.97. The van der Waals surface area contributed by atoms with Gasteiger partial charge in [-0.2, -0.15) is 0 Å². The summed E-state index contributed by atoms with van der Waals surface area (Å²) in [5.74, 6) is -5.98. The van der Waals surface area contributed by atoms with Crippen molar-refractivity contribution in [3.63, 3.8) is 0 Å². The second kappa shape index (κ2) is 10.6. The molecule has 0 aliphatic carbocycles. The molecule has 8 nitrogen and oxygen atoms in total. The van der Waals surface area contributed by atoms with Crippen LogP contribution >= 0.6 is 23.6 Å². The van der Waals surface area contributed by atoms with Gasteiger partial charge < -0.3 is 34.8 Å². The molecule has 0 aromatic rings. The monoisotopic (exact) mass is 330 g/mol. The summed E-state index contributed by atoms with van der Waals surface area (Å²) in [6.45, 7) is 0. The third-order valence-electron chi connectivity index (χ3n) is 1.25. The van der Waals surface area contributed by atoms with Crippen molar-refractivity contribution >= 4 is 41.5 Å². The Bertz CT molecular complexity index is 259. The van der Waals surface area contributed by atoms with E-state index in [4.69, 9.17) is 5.11 Å². The van der Waals surface area contributed by atoms with E-state index in [1.54, 1.807) is 4.35 Å². The van der Waals surface area contributed by atoms with Crippen molar-refractivity contribution < 1.29 is 51.9 Å². The Labute approximate surface area is 116 Å². The minimum Gasteiger partial charge on any atom is -0.550 e. The van der Waals surface area contributed by atoms with Crippen LogP contribution in [0.4, 0.5) is 0 Å². The van der Waals surface area contributed by atoms with Crippen molar-refractivity contribution in [1.82, 2.24) is 4.35 Å². The fraction of sp³-hybridized carbons (Fsp3) is 0.500. The number of aliphatic hydroxyl groups is 1. The van der Waals surface area contributed by atoms with Crippen LogP contribution in [0.2, 0.25) is 0 Å². The summed E-state index contributed by atoms with van der Waals surface area (Å²) in [6.07, 6.45) is -2.72. The summed E-state index contributed by atoms with van der Waals surface area (Å²) < 4.78 is 1.69. The number of hydrogen-bond acceptors (Lipinski definition) is 8. The van der Waals surface area contributed by atoms with Crippen LogP contribution in [-0.2, 0) is 31.5 Å². The van der Waals surface area contributed by atoms with Gasteiger partial charge in [-0.05, 0) is 23.6 Å². The largest absolute Gasteiger partial charge is 3.00 e. The molecule has 0 aromatic heterocycles. The van der Waals surface area contributed by atoms with E-state index in [1.165, 1.54) is 0 Å². The van der Waals surface area contributed by atoms with Crippen LogP contribution in [-0.4, -0.2) is 28.6 Å². The summed E-state index contributed by atoms with van der Waals surface area (Å²) in [5, 5.41) is 38.9. The zero-order valence-corrected chi connectivity index (χ0v) is 10.5. The van der Waals surface area contributed by atoms with Gasteiger partial charge >= 0.3 is 17.1 Å². The Hall–Kier alpha value is -0.571. The topological polar surface area (TPSA) is 153 Å². The van der Waals surface area contributed by atoms with Crippen molar-refractivity contribution in [2.75, 3.05) is 0 Å². The van der Waals surface area contributed by atoms with Crippen LogP contribution in [0.25, 0.3) is 0 Å². The first-order valence-electron chi connectivity index (χ1n) is 3.49. The second-order valence-electron chi connectivity index (χ2n) is 2.49. The number of carbonyl (C=O) groups excluding carboxylic acids is 3. The minimum absolute atomic E-state index is 0. The van der Waals surface area contributed by atoms with Gasteiger partial charge in [-0.25, -0.2) is 0 Å². The molecule has 0 aliphatic rings. The molecule has 99 valence electrons. The number of carbonyl (C=O) groups is 3. The first kappa shape index (κ1) is 21.7. The Morgan fingerprint density at radius 2 is 1.29 bits per heavy atom. The van der Waals surface area contributed by atoms with Crippen molar-refractivity contribution in [3.05, 3.63) is 0 Å². The zero-order chi connectivity index (χ0) is 13.4. The first-order chi connectivity index (χ1) is 7.19. The quantitative estimate of drug-likeness (QED) is 0.378. The van der Waals surface area contributed by atoms with Crippen LogP contribution < -0.4 is 19.7 Å². The molecule has 17 heavy (non-hydrogen) atoms. The Balaban J connectivity index is -0.000000440. The molecule has 0 saturated heterocycles. The Kier molecular flexibility index (Phi) is 13.5. The van der Waals surface area contributed by atoms with Crippen molar-refractivity contribution in [2.24, 2.45) is 0 Å². The molecule has 0 atom stereocenters. The average Bonchev–Trinajstić information content (AvgIpc) is 2.01. The van der Waals surface area contributed by atoms with Crippen LogP contribution in [0.1, 0.15) is 12.8 Å². The average molecular weight is 331 g/mol. The normalized spacial score (nSPS) is 9.35. The summed E-state index contributed by atoms with van der Waals surface area (Å²) in [6, 6.07) is 0. The maximum atomic E-state index is 10.1. The van der Waals surface area contributed by atoms with Crippen LogP contribution in [0.3, 0.4) is 0 Å². The van der Waals surface area contributed by atoms with Gasteiger partial charge in [-0.1, -0.05) is 0 Å². The van der Waals surface area contributed by atoms with Gasteiger partial charge in [0.2, 0.25) is 0 Å². The molecular weight excluding hydrogens is 325 g/mol. The first-order valence-corrected chi connectivity index (χ1v) is 4.25. The van der Waals surface area contributed by atoms with Crippen molar-refractivity contribution in [1.29, 1.82) is 0 Å². The van der Waals surface area contributed by atoms with Crippen LogP contribution in [0, 0.1) is 0 Å². The van der Waals surface area contributed by atoms with E-state index in [0.717, 1.165) is 0 Å². The number of rotatable bonds is 5. The predicted molar refractivity (Wildman–Crippen MR) is 44.0 cm³/mol. The molecule has 0 rings (SSSR count). The van der Waals surface area contributed by atoms with E-state index in [0.29, 0.717) is 0 Å². The van der Waals surface area contributed by atoms with Gasteiger partial charge in [0.15, 0.2) is 0 Å². The van der Waals surface area contributed by atoms with Gasteiger partial charge in [0.05, 0.1) is 5.97 Å². The van der Waals surface area contributed by atoms with Gasteiger partial charge in [-0.3, -0.25) is 0 Å². The van der Waals surface area contributed by atoms with Gasteiger partial charge in [0.25, 0.3) is 0 Å². The number of nitrogens with one attached hydrogen (secondary N) is 1. The molecule has 0 heterocycles. The summed E-state index contributed by atoms with van der Waals surface area (Å²) >= 11 is 9.03. The molecule has 0 bridgehead atoms. The third kappa shape index (κ3) is 11.7. The summed E-state index contributed by atoms with van der Waals surface area (Å²) in [7, 11) is 0. The SMILES string of the molecule is ClNCl.O=C([O-])CC(O)(CC(=O)[O-])C(=O)[O-].[Fe+3]. The van der Waals surface area contributed by atoms with E-state index >= 15 is 0 Å². The van der Waals surface area contributed by atoms with E-state index in [-0.39, 0.29) is 17.1 Å². The van der Waals surface area contributed by atoms with Crippen LogP contribution in [0.15, 0.2) is 0 Å². The maximum absolute atomic E-state index is 10.1. The third-order valence-corrected chi connectivity index (χ3v) is 1.25. The summed E-state index contributed by atoms with van der Waals surface area (Å²) in [4.78, 5) is 30.0. The van der Waals surface area contributed by atoms with Crippen molar-refractivity contribution in [2.45, 2.75) is 18.4 Å². The zero-order valence-electron chi connectivity index (χ0n) is 7.92. The maximum Gasteiger partial charge on any atom is 3.00 e. The van der Waals surface area contributed by atoms with Gasteiger partial charge in [0, 0.05) is 24.8 Å². The van der Waals surface area contributed by atoms with E-state index in [1.807, 2.05) is 0 Å². The van der Waals surface area contributed by atoms with Gasteiger partial charge in [-0.15, -0.1) is 4.35 Å². The molecule has 2 N–H and O–H groups in total. The molecule has 0 aliphatic heterocycles. The van der Waals surface area contributed by atoms with E-state index in [2.05, 4.69) is 23.6 Å².